The summed E-state index contributed by atoms with van der Waals surface area (Å²) in [6.07, 6.45) is 5.41. The van der Waals surface area contributed by atoms with Gasteiger partial charge in [0.1, 0.15) is 5.82 Å². The van der Waals surface area contributed by atoms with Gasteiger partial charge in [-0.3, -0.25) is 14.3 Å². The fraction of sp³-hybridized carbons (Fsp3) is 0.344. The van der Waals surface area contributed by atoms with Crippen molar-refractivity contribution >= 4 is 40.0 Å². The van der Waals surface area contributed by atoms with E-state index in [9.17, 15) is 14.7 Å². The number of anilines is 3. The minimum Gasteiger partial charge on any atom is -0.390 e. The van der Waals surface area contributed by atoms with E-state index in [-0.39, 0.29) is 11.9 Å². The molecule has 5 rings (SSSR count). The molecule has 3 heterocycles. The molecule has 0 aliphatic carbocycles. The Balaban J connectivity index is 1.21. The molecule has 41 heavy (non-hydrogen) atoms. The van der Waals surface area contributed by atoms with E-state index < -0.39 is 5.60 Å². The molecule has 0 atom stereocenters. The highest BCUT2D eigenvalue weighted by atomic mass is 16.3. The van der Waals surface area contributed by atoms with Gasteiger partial charge in [0.05, 0.1) is 11.1 Å². The molecule has 0 spiro atoms. The Morgan fingerprint density at radius 1 is 1.02 bits per heavy atom. The molecular formula is C32H38N6O3. The molecule has 9 heteroatoms. The maximum Gasteiger partial charge on any atom is 0.325 e. The number of nitrogens with one attached hydrogen (secondary N) is 2. The number of likely N-dealkylation sites (tertiary alicyclic amines) is 1. The van der Waals surface area contributed by atoms with E-state index in [2.05, 4.69) is 20.5 Å². The molecule has 0 saturated carbocycles. The van der Waals surface area contributed by atoms with Crippen molar-refractivity contribution in [2.24, 2.45) is 5.92 Å². The molecule has 1 aliphatic rings. The summed E-state index contributed by atoms with van der Waals surface area (Å²) in [4.78, 5) is 33.8. The topological polar surface area (TPSA) is 103 Å². The molecular weight excluding hydrogens is 516 g/mol. The van der Waals surface area contributed by atoms with Gasteiger partial charge in [-0.15, -0.1) is 0 Å². The third-order valence-corrected chi connectivity index (χ3v) is 8.08. The van der Waals surface area contributed by atoms with Crippen LogP contribution in [0.15, 0.2) is 73.1 Å². The van der Waals surface area contributed by atoms with Gasteiger partial charge < -0.3 is 20.6 Å². The second kappa shape index (κ2) is 11.7. The molecule has 2 aromatic carbocycles. The zero-order valence-electron chi connectivity index (χ0n) is 24.1. The Morgan fingerprint density at radius 3 is 2.41 bits per heavy atom. The predicted octanol–water partition coefficient (Wildman–Crippen LogP) is 5.23. The molecule has 214 valence electrons. The molecule has 2 aromatic heterocycles. The van der Waals surface area contributed by atoms with Gasteiger partial charge in [-0.2, -0.15) is 0 Å². The van der Waals surface area contributed by atoms with Crippen LogP contribution >= 0.6 is 0 Å². The number of amides is 2. The standard InChI is InChI=1S/C32H38N6O3/c1-32(2,41)25-13-16-37(17-14-25)21-22-5-7-23(8-6-22)30(39)35-29-20-27(11-15-34-29)36(4)26-9-10-28-24(19-26)12-18-38(28)31(40)33-3/h5-12,15,18-20,25,41H,13-14,16-17,21H2,1-4H3,(H,33,40)(H,34,35,39). The Labute approximate surface area is 240 Å². The lowest BCUT2D eigenvalue weighted by atomic mass is 9.83. The van der Waals surface area contributed by atoms with Gasteiger partial charge in [-0.25, -0.2) is 9.78 Å². The lowest BCUT2D eigenvalue weighted by Gasteiger charge is -2.37. The van der Waals surface area contributed by atoms with Crippen molar-refractivity contribution in [3.63, 3.8) is 0 Å². The van der Waals surface area contributed by atoms with E-state index in [0.29, 0.717) is 17.3 Å². The maximum atomic E-state index is 13.0. The monoisotopic (exact) mass is 554 g/mol. The van der Waals surface area contributed by atoms with Crippen LogP contribution in [0.3, 0.4) is 0 Å². The van der Waals surface area contributed by atoms with Gasteiger partial charge in [0.25, 0.3) is 5.91 Å². The average Bonchev–Trinajstić information content (AvgIpc) is 3.40. The zero-order chi connectivity index (χ0) is 29.1. The molecule has 1 fully saturated rings. The predicted molar refractivity (Wildman–Crippen MR) is 163 cm³/mol. The van der Waals surface area contributed by atoms with E-state index in [4.69, 9.17) is 0 Å². The Kier molecular flexibility index (Phi) is 8.10. The number of hydrogen-bond acceptors (Lipinski definition) is 6. The number of carbonyl (C=O) groups excluding carboxylic acids is 2. The zero-order valence-corrected chi connectivity index (χ0v) is 24.1. The van der Waals surface area contributed by atoms with Crippen LogP contribution in [0.25, 0.3) is 10.9 Å². The van der Waals surface area contributed by atoms with Crippen LogP contribution in [0.1, 0.15) is 42.6 Å². The average molecular weight is 555 g/mol. The van der Waals surface area contributed by atoms with Gasteiger partial charge in [-0.05, 0) is 93.7 Å². The van der Waals surface area contributed by atoms with Crippen LogP contribution in [0.5, 0.6) is 0 Å². The van der Waals surface area contributed by atoms with Crippen molar-refractivity contribution in [3.05, 3.63) is 84.2 Å². The highest BCUT2D eigenvalue weighted by Gasteiger charge is 2.30. The third kappa shape index (κ3) is 6.42. The summed E-state index contributed by atoms with van der Waals surface area (Å²) in [5.74, 6) is 0.584. The number of carbonyl (C=O) groups is 2. The highest BCUT2D eigenvalue weighted by molar-refractivity contribution is 6.04. The molecule has 9 nitrogen and oxygen atoms in total. The number of rotatable bonds is 7. The van der Waals surface area contributed by atoms with E-state index in [1.807, 2.05) is 86.5 Å². The van der Waals surface area contributed by atoms with Crippen LogP contribution in [0, 0.1) is 5.92 Å². The number of fused-ring (bicyclic) bond motifs is 1. The Hall–Kier alpha value is -4.21. The molecule has 1 saturated heterocycles. The van der Waals surface area contributed by atoms with Gasteiger partial charge >= 0.3 is 6.03 Å². The van der Waals surface area contributed by atoms with E-state index >= 15 is 0 Å². The summed E-state index contributed by atoms with van der Waals surface area (Å²) in [5, 5.41) is 16.8. The molecule has 1 aliphatic heterocycles. The molecule has 0 radical (unpaired) electrons. The van der Waals surface area contributed by atoms with Crippen molar-refractivity contribution in [3.8, 4) is 0 Å². The number of aromatic nitrogens is 2. The molecule has 0 unspecified atom stereocenters. The van der Waals surface area contributed by atoms with Gasteiger partial charge in [-0.1, -0.05) is 12.1 Å². The van der Waals surface area contributed by atoms with Crippen molar-refractivity contribution in [1.29, 1.82) is 0 Å². The summed E-state index contributed by atoms with van der Waals surface area (Å²) in [5.41, 5.74) is 3.74. The first-order valence-corrected chi connectivity index (χ1v) is 14.0. The van der Waals surface area contributed by atoms with Gasteiger partial charge in [0, 0.05) is 61.4 Å². The van der Waals surface area contributed by atoms with Crippen LogP contribution in [0.2, 0.25) is 0 Å². The lowest BCUT2D eigenvalue weighted by Crippen LogP contribution is -2.41. The third-order valence-electron chi connectivity index (χ3n) is 8.08. The van der Waals surface area contributed by atoms with E-state index in [1.54, 1.807) is 24.0 Å². The summed E-state index contributed by atoms with van der Waals surface area (Å²) in [7, 11) is 3.56. The molecule has 3 N–H and O–H groups in total. The number of nitrogens with zero attached hydrogens (tertiary/aromatic N) is 4. The van der Waals surface area contributed by atoms with Crippen LogP contribution in [0.4, 0.5) is 22.0 Å². The second-order valence-electron chi connectivity index (χ2n) is 11.3. The van der Waals surface area contributed by atoms with Crippen LogP contribution in [-0.2, 0) is 6.54 Å². The fourth-order valence-electron chi connectivity index (χ4n) is 5.49. The van der Waals surface area contributed by atoms with Crippen LogP contribution < -0.4 is 15.5 Å². The molecule has 2 amide bonds. The summed E-state index contributed by atoms with van der Waals surface area (Å²) < 4.78 is 1.58. The van der Waals surface area contributed by atoms with Crippen molar-refractivity contribution in [1.82, 2.24) is 19.8 Å². The highest BCUT2D eigenvalue weighted by Crippen LogP contribution is 2.30. The van der Waals surface area contributed by atoms with Gasteiger partial charge in [0.2, 0.25) is 0 Å². The Morgan fingerprint density at radius 2 is 1.73 bits per heavy atom. The SMILES string of the molecule is CNC(=O)n1ccc2cc(N(C)c3ccnc(NC(=O)c4ccc(CN5CCC(C(C)(C)O)CC5)cc4)c3)ccc21. The number of aliphatic hydroxyl groups is 1. The van der Waals surface area contributed by atoms with Gasteiger partial charge in [0.15, 0.2) is 0 Å². The normalized spacial score (nSPS) is 14.7. The first-order valence-electron chi connectivity index (χ1n) is 14.0. The number of piperidine rings is 1. The summed E-state index contributed by atoms with van der Waals surface area (Å²) in [6, 6.07) is 19.0. The quantitative estimate of drug-likeness (QED) is 0.289. The first kappa shape index (κ1) is 28.3. The minimum atomic E-state index is -0.624. The maximum absolute atomic E-state index is 13.0. The minimum absolute atomic E-state index is 0.187. The smallest absolute Gasteiger partial charge is 0.325 e. The summed E-state index contributed by atoms with van der Waals surface area (Å²) >= 11 is 0. The molecule has 0 bridgehead atoms. The number of benzene rings is 2. The first-order chi connectivity index (χ1) is 19.6. The largest absolute Gasteiger partial charge is 0.390 e. The molecule has 4 aromatic rings. The number of pyridine rings is 1. The van der Waals surface area contributed by atoms with E-state index in [1.165, 1.54) is 0 Å². The van der Waals surface area contributed by atoms with Crippen molar-refractivity contribution < 1.29 is 14.7 Å². The van der Waals surface area contributed by atoms with Crippen molar-refractivity contribution in [2.75, 3.05) is 37.4 Å². The van der Waals surface area contributed by atoms with E-state index in [0.717, 1.165) is 60.3 Å². The number of hydrogen-bond donors (Lipinski definition) is 3. The fourth-order valence-corrected chi connectivity index (χ4v) is 5.49. The lowest BCUT2D eigenvalue weighted by molar-refractivity contribution is -0.0136. The Bertz CT molecular complexity index is 1530. The second-order valence-corrected chi connectivity index (χ2v) is 11.3. The van der Waals surface area contributed by atoms with Crippen molar-refractivity contribution in [2.45, 2.75) is 38.8 Å². The van der Waals surface area contributed by atoms with Crippen LogP contribution in [-0.4, -0.2) is 64.3 Å². The summed E-state index contributed by atoms with van der Waals surface area (Å²) in [6.45, 7) is 6.56.